The second-order valence-electron chi connectivity index (χ2n) is 5.93. The Morgan fingerprint density at radius 1 is 1.19 bits per heavy atom. The van der Waals surface area contributed by atoms with Crippen molar-refractivity contribution in [3.8, 4) is 5.75 Å². The fourth-order valence-corrected chi connectivity index (χ4v) is 2.25. The van der Waals surface area contributed by atoms with Crippen molar-refractivity contribution in [3.05, 3.63) is 17.9 Å². The highest BCUT2D eigenvalue weighted by Gasteiger charge is 2.12. The lowest BCUT2D eigenvalue weighted by atomic mass is 10.1. The summed E-state index contributed by atoms with van der Waals surface area (Å²) < 4.78 is 19.2. The molecule has 4 heteroatoms. The molecule has 21 heavy (non-hydrogen) atoms. The molecule has 0 saturated heterocycles. The summed E-state index contributed by atoms with van der Waals surface area (Å²) in [5, 5.41) is 3.36. The van der Waals surface area contributed by atoms with Gasteiger partial charge in [-0.15, -0.1) is 0 Å². The van der Waals surface area contributed by atoms with Crippen molar-refractivity contribution in [1.29, 1.82) is 0 Å². The van der Waals surface area contributed by atoms with E-state index in [0.29, 0.717) is 11.7 Å². The topological polar surface area (TPSA) is 47.3 Å². The van der Waals surface area contributed by atoms with Gasteiger partial charge in [-0.2, -0.15) is 0 Å². The van der Waals surface area contributed by atoms with E-state index >= 15 is 0 Å². The molecule has 0 aliphatic heterocycles. The van der Waals surface area contributed by atoms with Crippen LogP contribution in [0.4, 0.5) is 15.8 Å². The number of unbranched alkanes of at least 4 members (excludes halogenated alkanes) is 3. The molecule has 0 amide bonds. The van der Waals surface area contributed by atoms with Crippen molar-refractivity contribution in [2.45, 2.75) is 71.9 Å². The van der Waals surface area contributed by atoms with Crippen LogP contribution in [-0.4, -0.2) is 12.1 Å². The Morgan fingerprint density at radius 3 is 2.52 bits per heavy atom. The summed E-state index contributed by atoms with van der Waals surface area (Å²) in [6.07, 6.45) is 5.97. The Hall–Kier alpha value is -1.45. The van der Waals surface area contributed by atoms with Gasteiger partial charge in [-0.3, -0.25) is 0 Å². The summed E-state index contributed by atoms with van der Waals surface area (Å²) in [6.45, 7) is 8.08. The summed E-state index contributed by atoms with van der Waals surface area (Å²) in [4.78, 5) is 0. The van der Waals surface area contributed by atoms with Gasteiger partial charge in [0, 0.05) is 18.2 Å². The first kappa shape index (κ1) is 17.6. The van der Waals surface area contributed by atoms with Crippen LogP contribution in [-0.2, 0) is 0 Å². The van der Waals surface area contributed by atoms with Crippen LogP contribution < -0.4 is 15.8 Å². The van der Waals surface area contributed by atoms with E-state index in [9.17, 15) is 4.39 Å². The zero-order chi connectivity index (χ0) is 15.8. The van der Waals surface area contributed by atoms with Crippen LogP contribution in [0.5, 0.6) is 5.75 Å². The number of benzene rings is 1. The van der Waals surface area contributed by atoms with E-state index in [-0.39, 0.29) is 11.9 Å². The Bertz CT molecular complexity index is 435. The summed E-state index contributed by atoms with van der Waals surface area (Å²) >= 11 is 0. The molecule has 0 aliphatic rings. The number of ether oxygens (including phenoxy) is 1. The lowest BCUT2D eigenvalue weighted by Crippen LogP contribution is -2.16. The molecule has 0 radical (unpaired) electrons. The Balaban J connectivity index is 2.64. The first-order valence-electron chi connectivity index (χ1n) is 7.96. The zero-order valence-corrected chi connectivity index (χ0v) is 13.7. The third-order valence-electron chi connectivity index (χ3n) is 3.36. The largest absolute Gasteiger partial charge is 0.488 e. The SMILES string of the molecule is CCCCCCC(C)Nc1cc(OC(C)C)c(F)cc1N. The minimum Gasteiger partial charge on any atom is -0.488 e. The Morgan fingerprint density at radius 2 is 1.90 bits per heavy atom. The van der Waals surface area contributed by atoms with Crippen LogP contribution in [0.1, 0.15) is 59.8 Å². The van der Waals surface area contributed by atoms with Crippen molar-refractivity contribution in [2.24, 2.45) is 0 Å². The predicted octanol–water partition coefficient (Wildman–Crippen LogP) is 4.97. The van der Waals surface area contributed by atoms with Gasteiger partial charge in [0.05, 0.1) is 17.5 Å². The van der Waals surface area contributed by atoms with Gasteiger partial charge < -0.3 is 15.8 Å². The van der Waals surface area contributed by atoms with Crippen molar-refractivity contribution in [3.63, 3.8) is 0 Å². The molecule has 1 aromatic rings. The number of hydrogen-bond acceptors (Lipinski definition) is 3. The van der Waals surface area contributed by atoms with Gasteiger partial charge in [-0.1, -0.05) is 32.6 Å². The van der Waals surface area contributed by atoms with E-state index < -0.39 is 5.82 Å². The third-order valence-corrected chi connectivity index (χ3v) is 3.36. The van der Waals surface area contributed by atoms with E-state index in [2.05, 4.69) is 19.2 Å². The monoisotopic (exact) mass is 296 g/mol. The van der Waals surface area contributed by atoms with E-state index in [0.717, 1.165) is 12.1 Å². The van der Waals surface area contributed by atoms with Crippen molar-refractivity contribution < 1.29 is 9.13 Å². The quantitative estimate of drug-likeness (QED) is 0.500. The van der Waals surface area contributed by atoms with E-state index in [1.807, 2.05) is 13.8 Å². The number of halogens is 1. The number of nitrogens with two attached hydrogens (primary N) is 1. The predicted molar refractivity (Wildman–Crippen MR) is 88.4 cm³/mol. The highest BCUT2D eigenvalue weighted by Crippen LogP contribution is 2.29. The zero-order valence-electron chi connectivity index (χ0n) is 13.7. The molecule has 3 N–H and O–H groups in total. The molecule has 1 aromatic carbocycles. The summed E-state index contributed by atoms with van der Waals surface area (Å²) in [7, 11) is 0. The average molecular weight is 296 g/mol. The minimum atomic E-state index is -0.414. The van der Waals surface area contributed by atoms with E-state index in [1.54, 1.807) is 6.07 Å². The molecule has 3 nitrogen and oxygen atoms in total. The van der Waals surface area contributed by atoms with Crippen LogP contribution in [0.3, 0.4) is 0 Å². The average Bonchev–Trinajstić information content (AvgIpc) is 2.40. The number of hydrogen-bond donors (Lipinski definition) is 2. The molecule has 1 unspecified atom stereocenters. The molecule has 0 bridgehead atoms. The van der Waals surface area contributed by atoms with Crippen LogP contribution in [0.2, 0.25) is 0 Å². The van der Waals surface area contributed by atoms with Gasteiger partial charge in [0.1, 0.15) is 0 Å². The number of anilines is 2. The van der Waals surface area contributed by atoms with Crippen molar-refractivity contribution >= 4 is 11.4 Å². The number of rotatable bonds is 9. The van der Waals surface area contributed by atoms with Gasteiger partial charge in [0.15, 0.2) is 11.6 Å². The molecule has 1 atom stereocenters. The molecule has 0 fully saturated rings. The Labute approximate surface area is 128 Å². The molecule has 0 spiro atoms. The first-order chi connectivity index (χ1) is 9.93. The van der Waals surface area contributed by atoms with E-state index in [4.69, 9.17) is 10.5 Å². The van der Waals surface area contributed by atoms with E-state index in [1.165, 1.54) is 31.7 Å². The van der Waals surface area contributed by atoms with Crippen molar-refractivity contribution in [2.75, 3.05) is 11.1 Å². The van der Waals surface area contributed by atoms with Gasteiger partial charge in [-0.25, -0.2) is 4.39 Å². The second kappa shape index (κ2) is 8.75. The maximum Gasteiger partial charge on any atom is 0.167 e. The molecule has 0 saturated carbocycles. The highest BCUT2D eigenvalue weighted by atomic mass is 19.1. The van der Waals surface area contributed by atoms with Gasteiger partial charge in [0.25, 0.3) is 0 Å². The maximum atomic E-state index is 13.8. The first-order valence-corrected chi connectivity index (χ1v) is 7.96. The molecule has 0 heterocycles. The fourth-order valence-electron chi connectivity index (χ4n) is 2.25. The third kappa shape index (κ3) is 6.23. The number of nitrogens with one attached hydrogen (secondary N) is 1. The van der Waals surface area contributed by atoms with Crippen LogP contribution in [0.25, 0.3) is 0 Å². The molecular formula is C17H29FN2O. The molecular weight excluding hydrogens is 267 g/mol. The maximum absolute atomic E-state index is 13.8. The number of nitrogen functional groups attached to an aromatic ring is 1. The van der Waals surface area contributed by atoms with Gasteiger partial charge >= 0.3 is 0 Å². The summed E-state index contributed by atoms with van der Waals surface area (Å²) in [5.41, 5.74) is 7.05. The molecule has 1 rings (SSSR count). The van der Waals surface area contributed by atoms with Crippen LogP contribution >= 0.6 is 0 Å². The van der Waals surface area contributed by atoms with Crippen LogP contribution in [0, 0.1) is 5.82 Å². The summed E-state index contributed by atoms with van der Waals surface area (Å²) in [5.74, 6) is -0.165. The standard InChI is InChI=1S/C17H29FN2O/c1-5-6-7-8-9-13(4)20-16-11-17(21-12(2)3)14(18)10-15(16)19/h10-13,20H,5-9,19H2,1-4H3. The normalized spacial score (nSPS) is 12.5. The van der Waals surface area contributed by atoms with Gasteiger partial charge in [-0.05, 0) is 27.2 Å². The fraction of sp³-hybridized carbons (Fsp3) is 0.647. The van der Waals surface area contributed by atoms with Crippen molar-refractivity contribution in [1.82, 2.24) is 0 Å². The Kier molecular flexibility index (Phi) is 7.34. The minimum absolute atomic E-state index is 0.0672. The lowest BCUT2D eigenvalue weighted by Gasteiger charge is -2.19. The molecule has 0 aliphatic carbocycles. The molecule has 0 aromatic heterocycles. The lowest BCUT2D eigenvalue weighted by molar-refractivity contribution is 0.231. The highest BCUT2D eigenvalue weighted by molar-refractivity contribution is 5.68. The molecule has 120 valence electrons. The second-order valence-corrected chi connectivity index (χ2v) is 5.93. The van der Waals surface area contributed by atoms with Crippen LogP contribution in [0.15, 0.2) is 12.1 Å². The van der Waals surface area contributed by atoms with Gasteiger partial charge in [0.2, 0.25) is 0 Å². The summed E-state index contributed by atoms with van der Waals surface area (Å²) in [6, 6.07) is 3.29. The smallest absolute Gasteiger partial charge is 0.167 e.